The van der Waals surface area contributed by atoms with Crippen molar-refractivity contribution in [3.8, 4) is 5.75 Å². The summed E-state index contributed by atoms with van der Waals surface area (Å²) in [5.74, 6) is 0.590. The zero-order valence-electron chi connectivity index (χ0n) is 7.37. The van der Waals surface area contributed by atoms with Gasteiger partial charge in [0.25, 0.3) is 0 Å². The molecule has 3 heteroatoms. The number of benzene rings is 1. The van der Waals surface area contributed by atoms with Crippen molar-refractivity contribution in [2.45, 2.75) is 20.0 Å². The van der Waals surface area contributed by atoms with Gasteiger partial charge in [-0.2, -0.15) is 0 Å². The average Bonchev–Trinajstić information content (AvgIpc) is 1.97. The summed E-state index contributed by atoms with van der Waals surface area (Å²) in [6, 6.07) is 5.35. The van der Waals surface area contributed by atoms with Crippen molar-refractivity contribution in [2.75, 3.05) is 11.5 Å². The predicted molar refractivity (Wildman–Crippen MR) is 51.0 cm³/mol. The number of ether oxygens (including phenoxy) is 1. The number of hydrogen-bond donors (Lipinski definition) is 2. The first-order valence-electron chi connectivity index (χ1n) is 3.92. The maximum Gasteiger partial charge on any atom is 0.165 e. The quantitative estimate of drug-likeness (QED) is 0.656. The molecule has 12 heavy (non-hydrogen) atoms. The van der Waals surface area contributed by atoms with Crippen LogP contribution in [0.4, 0.5) is 11.4 Å². The summed E-state index contributed by atoms with van der Waals surface area (Å²) in [6.45, 7) is 3.87. The smallest absolute Gasteiger partial charge is 0.165 e. The molecular weight excluding hydrogens is 152 g/mol. The summed E-state index contributed by atoms with van der Waals surface area (Å²) in [5.41, 5.74) is 12.5. The molecule has 1 rings (SSSR count). The molecule has 0 radical (unpaired) electrons. The van der Waals surface area contributed by atoms with E-state index in [2.05, 4.69) is 0 Å². The van der Waals surface area contributed by atoms with Crippen LogP contribution in [0.25, 0.3) is 0 Å². The predicted octanol–water partition coefficient (Wildman–Crippen LogP) is 1.64. The van der Waals surface area contributed by atoms with Crippen LogP contribution in [-0.2, 0) is 0 Å². The second kappa shape index (κ2) is 3.34. The van der Waals surface area contributed by atoms with Gasteiger partial charge in [0.15, 0.2) is 5.75 Å². The van der Waals surface area contributed by atoms with Gasteiger partial charge < -0.3 is 16.2 Å². The van der Waals surface area contributed by atoms with Gasteiger partial charge in [0, 0.05) is 0 Å². The van der Waals surface area contributed by atoms with Crippen LogP contribution in [0.3, 0.4) is 0 Å². The van der Waals surface area contributed by atoms with Gasteiger partial charge >= 0.3 is 0 Å². The fourth-order valence-corrected chi connectivity index (χ4v) is 0.945. The van der Waals surface area contributed by atoms with E-state index in [-0.39, 0.29) is 6.10 Å². The zero-order chi connectivity index (χ0) is 9.14. The van der Waals surface area contributed by atoms with Gasteiger partial charge in [-0.05, 0) is 26.0 Å². The van der Waals surface area contributed by atoms with Crippen molar-refractivity contribution >= 4 is 11.4 Å². The molecule has 4 N–H and O–H groups in total. The molecule has 0 aliphatic heterocycles. The third-order valence-corrected chi connectivity index (χ3v) is 1.43. The van der Waals surface area contributed by atoms with E-state index >= 15 is 0 Å². The summed E-state index contributed by atoms with van der Waals surface area (Å²) in [6.07, 6.45) is 0.0944. The molecule has 3 nitrogen and oxygen atoms in total. The molecule has 0 aliphatic rings. The highest BCUT2D eigenvalue weighted by Crippen LogP contribution is 2.28. The van der Waals surface area contributed by atoms with Crippen molar-refractivity contribution < 1.29 is 4.74 Å². The molecule has 1 aromatic carbocycles. The first kappa shape index (κ1) is 8.71. The molecule has 0 unspecified atom stereocenters. The lowest BCUT2D eigenvalue weighted by molar-refractivity contribution is 0.245. The van der Waals surface area contributed by atoms with Gasteiger partial charge in [-0.15, -0.1) is 0 Å². The molecule has 0 heterocycles. The highest BCUT2D eigenvalue weighted by molar-refractivity contribution is 5.66. The van der Waals surface area contributed by atoms with Crippen LogP contribution in [0.5, 0.6) is 5.75 Å². The maximum absolute atomic E-state index is 5.66. The van der Waals surface area contributed by atoms with Gasteiger partial charge in [-0.3, -0.25) is 0 Å². The largest absolute Gasteiger partial charge is 0.487 e. The Morgan fingerprint density at radius 3 is 2.08 bits per heavy atom. The number of rotatable bonds is 2. The monoisotopic (exact) mass is 166 g/mol. The minimum absolute atomic E-state index is 0.0944. The SMILES string of the molecule is CC(C)Oc1c(N)cccc1N. The Kier molecular flexibility index (Phi) is 2.43. The Morgan fingerprint density at radius 2 is 1.67 bits per heavy atom. The molecule has 1 aromatic rings. The third kappa shape index (κ3) is 1.81. The second-order valence-corrected chi connectivity index (χ2v) is 2.93. The number of nitrogens with two attached hydrogens (primary N) is 2. The molecule has 0 saturated heterocycles. The van der Waals surface area contributed by atoms with E-state index < -0.39 is 0 Å². The fourth-order valence-electron chi connectivity index (χ4n) is 0.945. The number of anilines is 2. The van der Waals surface area contributed by atoms with Crippen LogP contribution >= 0.6 is 0 Å². The van der Waals surface area contributed by atoms with Gasteiger partial charge in [-0.25, -0.2) is 0 Å². The van der Waals surface area contributed by atoms with Crippen molar-refractivity contribution in [3.05, 3.63) is 18.2 Å². The van der Waals surface area contributed by atoms with Crippen LogP contribution in [-0.4, -0.2) is 6.10 Å². The van der Waals surface area contributed by atoms with E-state index in [9.17, 15) is 0 Å². The summed E-state index contributed by atoms with van der Waals surface area (Å²) in [5, 5.41) is 0. The highest BCUT2D eigenvalue weighted by atomic mass is 16.5. The Balaban J connectivity index is 2.96. The van der Waals surface area contributed by atoms with Crippen LogP contribution in [0.2, 0.25) is 0 Å². The second-order valence-electron chi connectivity index (χ2n) is 2.93. The van der Waals surface area contributed by atoms with Gasteiger partial charge in [-0.1, -0.05) is 6.07 Å². The van der Waals surface area contributed by atoms with Crippen molar-refractivity contribution in [1.29, 1.82) is 0 Å². The Labute approximate surface area is 72.3 Å². The fraction of sp³-hybridized carbons (Fsp3) is 0.333. The van der Waals surface area contributed by atoms with Crippen LogP contribution in [0.15, 0.2) is 18.2 Å². The van der Waals surface area contributed by atoms with E-state index in [1.807, 2.05) is 13.8 Å². The molecule has 0 saturated carbocycles. The summed E-state index contributed by atoms with van der Waals surface area (Å²) >= 11 is 0. The maximum atomic E-state index is 5.66. The minimum Gasteiger partial charge on any atom is -0.487 e. The number of nitrogen functional groups attached to an aromatic ring is 2. The third-order valence-electron chi connectivity index (χ3n) is 1.43. The molecule has 66 valence electrons. The van der Waals surface area contributed by atoms with E-state index in [4.69, 9.17) is 16.2 Å². The lowest BCUT2D eigenvalue weighted by Gasteiger charge is -2.13. The van der Waals surface area contributed by atoms with E-state index in [1.165, 1.54) is 0 Å². The van der Waals surface area contributed by atoms with Crippen molar-refractivity contribution in [1.82, 2.24) is 0 Å². The van der Waals surface area contributed by atoms with E-state index in [1.54, 1.807) is 18.2 Å². The highest BCUT2D eigenvalue weighted by Gasteiger charge is 2.05. The molecular formula is C9H14N2O. The lowest BCUT2D eigenvalue weighted by atomic mass is 10.2. The van der Waals surface area contributed by atoms with Crippen LogP contribution < -0.4 is 16.2 Å². The zero-order valence-corrected chi connectivity index (χ0v) is 7.37. The first-order valence-corrected chi connectivity index (χ1v) is 3.92. The standard InChI is InChI=1S/C9H14N2O/c1-6(2)12-9-7(10)4-3-5-8(9)11/h3-6H,10-11H2,1-2H3. The lowest BCUT2D eigenvalue weighted by Crippen LogP contribution is -2.09. The summed E-state index contributed by atoms with van der Waals surface area (Å²) in [4.78, 5) is 0. The van der Waals surface area contributed by atoms with Gasteiger partial charge in [0.2, 0.25) is 0 Å². The number of hydrogen-bond acceptors (Lipinski definition) is 3. The van der Waals surface area contributed by atoms with Crippen molar-refractivity contribution in [2.24, 2.45) is 0 Å². The van der Waals surface area contributed by atoms with Crippen LogP contribution in [0.1, 0.15) is 13.8 Å². The molecule has 0 amide bonds. The summed E-state index contributed by atoms with van der Waals surface area (Å²) in [7, 11) is 0. The minimum atomic E-state index is 0.0944. The average molecular weight is 166 g/mol. The Bertz CT molecular complexity index is 251. The van der Waals surface area contributed by atoms with Crippen LogP contribution in [0, 0.1) is 0 Å². The first-order chi connectivity index (χ1) is 5.61. The van der Waals surface area contributed by atoms with E-state index in [0.717, 1.165) is 0 Å². The Hall–Kier alpha value is -1.38. The number of para-hydroxylation sites is 1. The summed E-state index contributed by atoms with van der Waals surface area (Å²) < 4.78 is 5.43. The van der Waals surface area contributed by atoms with Gasteiger partial charge in [0.05, 0.1) is 17.5 Å². The molecule has 0 fully saturated rings. The molecule has 0 aliphatic carbocycles. The topological polar surface area (TPSA) is 61.3 Å². The molecule has 0 atom stereocenters. The Morgan fingerprint density at radius 1 is 1.17 bits per heavy atom. The molecule has 0 spiro atoms. The molecule has 0 aromatic heterocycles. The van der Waals surface area contributed by atoms with E-state index in [0.29, 0.717) is 17.1 Å². The normalized spacial score (nSPS) is 10.2. The van der Waals surface area contributed by atoms with Gasteiger partial charge in [0.1, 0.15) is 0 Å². The van der Waals surface area contributed by atoms with Crippen molar-refractivity contribution in [3.63, 3.8) is 0 Å². The molecule has 0 bridgehead atoms.